The zero-order chi connectivity index (χ0) is 15.3. The number of carbonyl (C=O) groups is 1. The van der Waals surface area contributed by atoms with E-state index in [0.717, 1.165) is 44.7 Å². The number of unbranched alkanes of at least 4 members (excludes halogenated alkanes) is 1. The monoisotopic (exact) mass is 293 g/mol. The first kappa shape index (κ1) is 17.4. The summed E-state index contributed by atoms with van der Waals surface area (Å²) in [7, 11) is 0. The number of hydrogen-bond donors (Lipinski definition) is 2. The first-order valence-corrected chi connectivity index (χ1v) is 7.83. The van der Waals surface area contributed by atoms with Crippen molar-refractivity contribution >= 4 is 11.7 Å². The molecule has 1 amide bonds. The lowest BCUT2D eigenvalue weighted by molar-refractivity contribution is 0.0940. The smallest absolute Gasteiger partial charge is 0.252 e. The average molecular weight is 293 g/mol. The highest BCUT2D eigenvalue weighted by Crippen LogP contribution is 2.05. The molecule has 0 atom stereocenters. The van der Waals surface area contributed by atoms with Crippen molar-refractivity contribution in [3.63, 3.8) is 0 Å². The minimum Gasteiger partial charge on any atom is -0.381 e. The van der Waals surface area contributed by atoms with Crippen LogP contribution in [-0.2, 0) is 4.74 Å². The third-order valence-electron chi connectivity index (χ3n) is 2.98. The van der Waals surface area contributed by atoms with E-state index in [9.17, 15) is 4.79 Å². The van der Waals surface area contributed by atoms with Crippen molar-refractivity contribution in [1.82, 2.24) is 10.3 Å². The molecule has 0 aliphatic heterocycles. The maximum Gasteiger partial charge on any atom is 0.252 e. The van der Waals surface area contributed by atoms with Crippen molar-refractivity contribution in [2.75, 3.05) is 31.6 Å². The molecule has 0 saturated heterocycles. The number of aromatic nitrogens is 1. The minimum absolute atomic E-state index is 0.0851. The van der Waals surface area contributed by atoms with Gasteiger partial charge in [0.1, 0.15) is 5.82 Å². The van der Waals surface area contributed by atoms with Crippen molar-refractivity contribution in [3.8, 4) is 0 Å². The van der Waals surface area contributed by atoms with Crippen LogP contribution in [-0.4, -0.2) is 37.2 Å². The highest BCUT2D eigenvalue weighted by atomic mass is 16.5. The van der Waals surface area contributed by atoms with Crippen molar-refractivity contribution in [2.24, 2.45) is 0 Å². The standard InChI is InChI=1S/C16H27N3O2/c1-3-5-11-21-12-6-10-18-16(20)14-7-8-15(19-13-14)17-9-4-2/h7-8,13H,3-6,9-12H2,1-2H3,(H,17,19)(H,18,20). The highest BCUT2D eigenvalue weighted by Gasteiger charge is 2.05. The lowest BCUT2D eigenvalue weighted by Gasteiger charge is -2.07. The summed E-state index contributed by atoms with van der Waals surface area (Å²) in [5.74, 6) is 0.718. The Morgan fingerprint density at radius 2 is 1.95 bits per heavy atom. The second-order valence-electron chi connectivity index (χ2n) is 4.93. The summed E-state index contributed by atoms with van der Waals surface area (Å²) >= 11 is 0. The molecule has 5 nitrogen and oxygen atoms in total. The van der Waals surface area contributed by atoms with Gasteiger partial charge in [-0.2, -0.15) is 0 Å². The quantitative estimate of drug-likeness (QED) is 0.616. The molecule has 0 spiro atoms. The van der Waals surface area contributed by atoms with E-state index in [0.29, 0.717) is 18.7 Å². The third-order valence-corrected chi connectivity index (χ3v) is 2.98. The van der Waals surface area contributed by atoms with Gasteiger partial charge in [0.2, 0.25) is 0 Å². The number of pyridine rings is 1. The lowest BCUT2D eigenvalue weighted by Crippen LogP contribution is -2.25. The van der Waals surface area contributed by atoms with Crippen molar-refractivity contribution in [3.05, 3.63) is 23.9 Å². The van der Waals surface area contributed by atoms with Crippen LogP contribution in [0.25, 0.3) is 0 Å². The molecule has 1 aromatic heterocycles. The van der Waals surface area contributed by atoms with Gasteiger partial charge in [-0.05, 0) is 31.4 Å². The van der Waals surface area contributed by atoms with Gasteiger partial charge in [-0.25, -0.2) is 4.98 Å². The second-order valence-corrected chi connectivity index (χ2v) is 4.93. The highest BCUT2D eigenvalue weighted by molar-refractivity contribution is 5.93. The van der Waals surface area contributed by atoms with E-state index >= 15 is 0 Å². The summed E-state index contributed by atoms with van der Waals surface area (Å²) in [6, 6.07) is 3.62. The number of nitrogens with one attached hydrogen (secondary N) is 2. The van der Waals surface area contributed by atoms with Crippen LogP contribution in [0.2, 0.25) is 0 Å². The van der Waals surface area contributed by atoms with E-state index in [4.69, 9.17) is 4.74 Å². The van der Waals surface area contributed by atoms with Crippen LogP contribution in [0.4, 0.5) is 5.82 Å². The van der Waals surface area contributed by atoms with Gasteiger partial charge in [-0.1, -0.05) is 20.3 Å². The first-order valence-electron chi connectivity index (χ1n) is 7.83. The Hall–Kier alpha value is -1.62. The normalized spacial score (nSPS) is 10.4. The van der Waals surface area contributed by atoms with Crippen molar-refractivity contribution in [1.29, 1.82) is 0 Å². The molecule has 1 heterocycles. The Labute approximate surface area is 127 Å². The molecule has 0 aliphatic rings. The van der Waals surface area contributed by atoms with Gasteiger partial charge in [-0.3, -0.25) is 4.79 Å². The molecular formula is C16H27N3O2. The average Bonchev–Trinajstić information content (AvgIpc) is 2.52. The molecule has 0 bridgehead atoms. The Morgan fingerprint density at radius 1 is 1.14 bits per heavy atom. The fourth-order valence-electron chi connectivity index (χ4n) is 1.71. The zero-order valence-electron chi connectivity index (χ0n) is 13.2. The predicted octanol–water partition coefficient (Wildman–Crippen LogP) is 2.84. The van der Waals surface area contributed by atoms with Crippen LogP contribution in [0.15, 0.2) is 18.3 Å². The fourth-order valence-corrected chi connectivity index (χ4v) is 1.71. The van der Waals surface area contributed by atoms with Crippen LogP contribution in [0.3, 0.4) is 0 Å². The number of amides is 1. The SMILES string of the molecule is CCCCOCCCNC(=O)c1ccc(NCCC)nc1. The molecule has 1 aromatic rings. The summed E-state index contributed by atoms with van der Waals surface area (Å²) in [6.45, 7) is 7.25. The molecular weight excluding hydrogens is 266 g/mol. The summed E-state index contributed by atoms with van der Waals surface area (Å²) in [4.78, 5) is 16.1. The predicted molar refractivity (Wildman–Crippen MR) is 85.7 cm³/mol. The van der Waals surface area contributed by atoms with Gasteiger partial charge in [0.05, 0.1) is 5.56 Å². The van der Waals surface area contributed by atoms with Crippen LogP contribution in [0, 0.1) is 0 Å². The topological polar surface area (TPSA) is 63.2 Å². The van der Waals surface area contributed by atoms with E-state index in [2.05, 4.69) is 29.5 Å². The molecule has 2 N–H and O–H groups in total. The largest absolute Gasteiger partial charge is 0.381 e. The minimum atomic E-state index is -0.0851. The summed E-state index contributed by atoms with van der Waals surface area (Å²) in [6.07, 6.45) is 5.72. The Bertz CT molecular complexity index is 393. The maximum absolute atomic E-state index is 11.9. The second kappa shape index (κ2) is 11.1. The number of rotatable bonds is 11. The molecule has 0 aromatic carbocycles. The van der Waals surface area contributed by atoms with Gasteiger partial charge < -0.3 is 15.4 Å². The summed E-state index contributed by atoms with van der Waals surface area (Å²) in [5, 5.41) is 6.05. The number of carbonyl (C=O) groups excluding carboxylic acids is 1. The third kappa shape index (κ3) is 7.66. The molecule has 0 radical (unpaired) electrons. The molecule has 118 valence electrons. The van der Waals surface area contributed by atoms with E-state index in [-0.39, 0.29) is 5.91 Å². The van der Waals surface area contributed by atoms with Crippen LogP contribution in [0.5, 0.6) is 0 Å². The maximum atomic E-state index is 11.9. The summed E-state index contributed by atoms with van der Waals surface area (Å²) in [5.41, 5.74) is 0.587. The summed E-state index contributed by atoms with van der Waals surface area (Å²) < 4.78 is 5.44. The van der Waals surface area contributed by atoms with Crippen LogP contribution in [0.1, 0.15) is 49.9 Å². The van der Waals surface area contributed by atoms with Crippen LogP contribution < -0.4 is 10.6 Å². The van der Waals surface area contributed by atoms with Crippen molar-refractivity contribution < 1.29 is 9.53 Å². The Balaban J connectivity index is 2.19. The zero-order valence-corrected chi connectivity index (χ0v) is 13.2. The number of hydrogen-bond acceptors (Lipinski definition) is 4. The van der Waals surface area contributed by atoms with Gasteiger partial charge >= 0.3 is 0 Å². The van der Waals surface area contributed by atoms with Crippen LogP contribution >= 0.6 is 0 Å². The number of anilines is 1. The lowest BCUT2D eigenvalue weighted by atomic mass is 10.2. The number of nitrogens with zero attached hydrogens (tertiary/aromatic N) is 1. The van der Waals surface area contributed by atoms with E-state index in [1.807, 2.05) is 6.07 Å². The van der Waals surface area contributed by atoms with Crippen molar-refractivity contribution in [2.45, 2.75) is 39.5 Å². The molecule has 0 fully saturated rings. The van der Waals surface area contributed by atoms with Gasteiger partial charge in [0.15, 0.2) is 0 Å². The fraction of sp³-hybridized carbons (Fsp3) is 0.625. The first-order chi connectivity index (χ1) is 10.3. The molecule has 0 unspecified atom stereocenters. The Kier molecular flexibility index (Phi) is 9.20. The molecule has 5 heteroatoms. The molecule has 1 rings (SSSR count). The van der Waals surface area contributed by atoms with E-state index in [1.54, 1.807) is 12.3 Å². The van der Waals surface area contributed by atoms with Gasteiger partial charge in [-0.15, -0.1) is 0 Å². The van der Waals surface area contributed by atoms with E-state index in [1.165, 1.54) is 0 Å². The molecule has 0 saturated carbocycles. The van der Waals surface area contributed by atoms with E-state index < -0.39 is 0 Å². The Morgan fingerprint density at radius 3 is 2.62 bits per heavy atom. The number of ether oxygens (including phenoxy) is 1. The van der Waals surface area contributed by atoms with Gasteiger partial charge in [0, 0.05) is 32.5 Å². The van der Waals surface area contributed by atoms with Gasteiger partial charge in [0.25, 0.3) is 5.91 Å². The molecule has 21 heavy (non-hydrogen) atoms. The molecule has 0 aliphatic carbocycles.